The summed E-state index contributed by atoms with van der Waals surface area (Å²) in [6.07, 6.45) is 0. The molecule has 0 fully saturated rings. The zero-order valence-electron chi connectivity index (χ0n) is 11.3. The predicted molar refractivity (Wildman–Crippen MR) is 84.8 cm³/mol. The van der Waals surface area contributed by atoms with E-state index in [0.717, 1.165) is 9.79 Å². The molecule has 0 aliphatic heterocycles. The summed E-state index contributed by atoms with van der Waals surface area (Å²) in [4.78, 5) is 3.46. The fraction of sp³-hybridized carbons (Fsp3) is 0. The van der Waals surface area contributed by atoms with Gasteiger partial charge in [0.2, 0.25) is 0 Å². The molecule has 0 unspecified atom stereocenters. The van der Waals surface area contributed by atoms with Crippen molar-refractivity contribution in [2.75, 3.05) is 0 Å². The van der Waals surface area contributed by atoms with Crippen LogP contribution < -0.4 is 0 Å². The van der Waals surface area contributed by atoms with Crippen LogP contribution >= 0.6 is 0 Å². The Morgan fingerprint density at radius 3 is 1.29 bits per heavy atom. The molecule has 0 heterocycles. The summed E-state index contributed by atoms with van der Waals surface area (Å²) in [5.41, 5.74) is 0. The van der Waals surface area contributed by atoms with Crippen LogP contribution in [0.25, 0.3) is 0 Å². The minimum atomic E-state index is -0.253. The third-order valence-electron chi connectivity index (χ3n) is 3.12. The van der Waals surface area contributed by atoms with Crippen LogP contribution in [0.2, 0.25) is 0 Å². The van der Waals surface area contributed by atoms with Crippen molar-refractivity contribution in [2.24, 2.45) is 0 Å². The van der Waals surface area contributed by atoms with E-state index in [1.807, 2.05) is 42.5 Å². The van der Waals surface area contributed by atoms with Crippen molar-refractivity contribution in [2.45, 2.75) is 14.7 Å². The van der Waals surface area contributed by atoms with Crippen LogP contribution in [-0.4, -0.2) is 10.2 Å². The Balaban J connectivity index is 2.11. The van der Waals surface area contributed by atoms with Crippen molar-refractivity contribution in [1.82, 2.24) is 0 Å². The van der Waals surface area contributed by atoms with Gasteiger partial charge in [0.05, 0.1) is 10.9 Å². The SMILES string of the molecule is Oc1ccc([S+](c2ccccc2)c2ccc(O)cc2)cc1. The van der Waals surface area contributed by atoms with Crippen LogP contribution in [0, 0.1) is 0 Å². The molecule has 0 aromatic heterocycles. The number of hydrogen-bond donors (Lipinski definition) is 2. The van der Waals surface area contributed by atoms with Gasteiger partial charge in [0.15, 0.2) is 14.7 Å². The monoisotopic (exact) mass is 295 g/mol. The largest absolute Gasteiger partial charge is 0.508 e. The summed E-state index contributed by atoms with van der Waals surface area (Å²) in [6.45, 7) is 0. The molecular formula is C18H15O2S+. The lowest BCUT2D eigenvalue weighted by atomic mass is 10.3. The first-order valence-electron chi connectivity index (χ1n) is 6.61. The molecule has 0 spiro atoms. The van der Waals surface area contributed by atoms with Gasteiger partial charge in [-0.2, -0.15) is 0 Å². The van der Waals surface area contributed by atoms with E-state index >= 15 is 0 Å². The van der Waals surface area contributed by atoms with Gasteiger partial charge >= 0.3 is 0 Å². The van der Waals surface area contributed by atoms with E-state index in [1.165, 1.54) is 4.90 Å². The van der Waals surface area contributed by atoms with E-state index in [4.69, 9.17) is 0 Å². The normalized spacial score (nSPS) is 10.7. The lowest BCUT2D eigenvalue weighted by Crippen LogP contribution is -2.04. The van der Waals surface area contributed by atoms with Crippen molar-refractivity contribution < 1.29 is 10.2 Å². The highest BCUT2D eigenvalue weighted by Crippen LogP contribution is 2.32. The smallest absolute Gasteiger partial charge is 0.166 e. The Bertz CT molecular complexity index is 661. The van der Waals surface area contributed by atoms with Crippen LogP contribution in [-0.2, 0) is 10.9 Å². The van der Waals surface area contributed by atoms with Gasteiger partial charge in [-0.25, -0.2) is 0 Å². The van der Waals surface area contributed by atoms with Gasteiger partial charge in [0.25, 0.3) is 0 Å². The Morgan fingerprint density at radius 1 is 0.476 bits per heavy atom. The highest BCUT2D eigenvalue weighted by atomic mass is 32.2. The number of phenols is 2. The number of aromatic hydroxyl groups is 2. The summed E-state index contributed by atoms with van der Waals surface area (Å²) in [5.74, 6) is 0.530. The van der Waals surface area contributed by atoms with Gasteiger partial charge in [-0.3, -0.25) is 0 Å². The average molecular weight is 295 g/mol. The predicted octanol–water partition coefficient (Wildman–Crippen LogP) is 4.19. The summed E-state index contributed by atoms with van der Waals surface area (Å²) in [5, 5.41) is 19.0. The first-order chi connectivity index (χ1) is 10.2. The second-order valence-electron chi connectivity index (χ2n) is 4.61. The van der Waals surface area contributed by atoms with E-state index in [2.05, 4.69) is 12.1 Å². The number of phenolic OH excluding ortho intramolecular Hbond substituents is 2. The van der Waals surface area contributed by atoms with Gasteiger partial charge < -0.3 is 10.2 Å². The quantitative estimate of drug-likeness (QED) is 0.711. The molecule has 0 atom stereocenters. The fourth-order valence-electron chi connectivity index (χ4n) is 2.13. The summed E-state index contributed by atoms with van der Waals surface area (Å²) in [7, 11) is -0.253. The molecule has 0 saturated heterocycles. The molecule has 21 heavy (non-hydrogen) atoms. The van der Waals surface area contributed by atoms with Crippen molar-refractivity contribution in [3.63, 3.8) is 0 Å². The Morgan fingerprint density at radius 2 is 0.857 bits per heavy atom. The molecule has 3 rings (SSSR count). The van der Waals surface area contributed by atoms with Crippen LogP contribution in [0.4, 0.5) is 0 Å². The minimum absolute atomic E-state index is 0.253. The second-order valence-corrected chi connectivity index (χ2v) is 6.63. The van der Waals surface area contributed by atoms with Crippen LogP contribution in [0.5, 0.6) is 11.5 Å². The zero-order valence-corrected chi connectivity index (χ0v) is 12.1. The molecular weight excluding hydrogens is 280 g/mol. The van der Waals surface area contributed by atoms with Gasteiger partial charge in [-0.15, -0.1) is 0 Å². The first kappa shape index (κ1) is 13.6. The molecule has 0 aliphatic carbocycles. The lowest BCUT2D eigenvalue weighted by Gasteiger charge is -2.08. The molecule has 3 aromatic rings. The van der Waals surface area contributed by atoms with Gasteiger partial charge in [0, 0.05) is 0 Å². The van der Waals surface area contributed by atoms with Gasteiger partial charge in [0.1, 0.15) is 11.5 Å². The van der Waals surface area contributed by atoms with Gasteiger partial charge in [-0.05, 0) is 60.7 Å². The molecule has 0 aliphatic rings. The van der Waals surface area contributed by atoms with E-state index in [1.54, 1.807) is 24.3 Å². The molecule has 2 N–H and O–H groups in total. The molecule has 3 aromatic carbocycles. The molecule has 0 bridgehead atoms. The molecule has 104 valence electrons. The third-order valence-corrected chi connectivity index (χ3v) is 5.35. The van der Waals surface area contributed by atoms with Crippen molar-refractivity contribution in [3.8, 4) is 11.5 Å². The summed E-state index contributed by atoms with van der Waals surface area (Å²) in [6, 6.07) is 24.8. The molecule has 0 saturated carbocycles. The van der Waals surface area contributed by atoms with Crippen molar-refractivity contribution in [3.05, 3.63) is 78.9 Å². The molecule has 2 nitrogen and oxygen atoms in total. The topological polar surface area (TPSA) is 40.5 Å². The highest BCUT2D eigenvalue weighted by Gasteiger charge is 2.28. The maximum atomic E-state index is 9.49. The summed E-state index contributed by atoms with van der Waals surface area (Å²) >= 11 is 0. The van der Waals surface area contributed by atoms with Crippen molar-refractivity contribution >= 4 is 10.9 Å². The number of benzene rings is 3. The van der Waals surface area contributed by atoms with E-state index in [-0.39, 0.29) is 22.4 Å². The van der Waals surface area contributed by atoms with Crippen LogP contribution in [0.3, 0.4) is 0 Å². The lowest BCUT2D eigenvalue weighted by molar-refractivity contribution is 0.474. The Hall–Kier alpha value is -2.39. The minimum Gasteiger partial charge on any atom is -0.508 e. The van der Waals surface area contributed by atoms with Gasteiger partial charge in [-0.1, -0.05) is 18.2 Å². The first-order valence-corrected chi connectivity index (χ1v) is 7.84. The maximum absolute atomic E-state index is 9.49. The zero-order chi connectivity index (χ0) is 14.7. The van der Waals surface area contributed by atoms with Crippen molar-refractivity contribution in [1.29, 1.82) is 0 Å². The molecule has 3 heteroatoms. The van der Waals surface area contributed by atoms with E-state index < -0.39 is 0 Å². The van der Waals surface area contributed by atoms with Crippen LogP contribution in [0.1, 0.15) is 0 Å². The Labute approximate surface area is 126 Å². The highest BCUT2D eigenvalue weighted by molar-refractivity contribution is 7.97. The summed E-state index contributed by atoms with van der Waals surface area (Å²) < 4.78 is 0. The number of rotatable bonds is 3. The third kappa shape index (κ3) is 3.03. The Kier molecular flexibility index (Phi) is 3.84. The average Bonchev–Trinajstić information content (AvgIpc) is 2.52. The second kappa shape index (κ2) is 5.94. The molecule has 0 amide bonds. The van der Waals surface area contributed by atoms with Crippen LogP contribution in [0.15, 0.2) is 93.5 Å². The maximum Gasteiger partial charge on any atom is 0.166 e. The van der Waals surface area contributed by atoms with E-state index in [9.17, 15) is 10.2 Å². The van der Waals surface area contributed by atoms with E-state index in [0.29, 0.717) is 0 Å². The molecule has 0 radical (unpaired) electrons. The fourth-order valence-corrected chi connectivity index (χ4v) is 4.19. The number of hydrogen-bond acceptors (Lipinski definition) is 2. The standard InChI is InChI=1S/C18H14O2S/c19-14-6-10-17(11-7-14)21(16-4-2-1-3-5-16)18-12-8-15(20)9-13-18/h1-13H,(H-,19,20)/p+1.